The van der Waals surface area contributed by atoms with E-state index in [1.165, 1.54) is 25.7 Å². The monoisotopic (exact) mass is 340 g/mol. The number of hydrogen-bond acceptors (Lipinski definition) is 2. The molecule has 2 saturated carbocycles. The molecule has 2 aliphatic rings. The zero-order chi connectivity index (χ0) is 17.2. The minimum absolute atomic E-state index is 0.181. The first-order chi connectivity index (χ1) is 11.4. The summed E-state index contributed by atoms with van der Waals surface area (Å²) in [5.41, 5.74) is 1.33. The topological polar surface area (TPSA) is 18.5 Å². The fourth-order valence-corrected chi connectivity index (χ4v) is 2.70. The number of halogens is 3. The molecule has 1 aromatic carbocycles. The zero-order valence-corrected chi connectivity index (χ0v) is 13.9. The van der Waals surface area contributed by atoms with Crippen LogP contribution in [-0.4, -0.2) is 13.0 Å². The lowest BCUT2D eigenvalue weighted by atomic mass is 10.0. The molecule has 0 bridgehead atoms. The van der Waals surface area contributed by atoms with Crippen LogP contribution in [0.25, 0.3) is 0 Å². The molecule has 0 spiro atoms. The van der Waals surface area contributed by atoms with Crippen molar-refractivity contribution in [3.63, 3.8) is 0 Å². The van der Waals surface area contributed by atoms with Crippen molar-refractivity contribution in [2.75, 3.05) is 6.61 Å². The van der Waals surface area contributed by atoms with Gasteiger partial charge in [0, 0.05) is 0 Å². The summed E-state index contributed by atoms with van der Waals surface area (Å²) in [6.07, 6.45) is 5.77. The van der Waals surface area contributed by atoms with E-state index in [1.807, 2.05) is 12.1 Å². The fourth-order valence-electron chi connectivity index (χ4n) is 2.70. The molecule has 0 amide bonds. The predicted octanol–water partition coefficient (Wildman–Crippen LogP) is 5.58. The van der Waals surface area contributed by atoms with Crippen LogP contribution in [0.3, 0.4) is 0 Å². The summed E-state index contributed by atoms with van der Waals surface area (Å²) in [5.74, 6) is 1.31. The minimum Gasteiger partial charge on any atom is -0.490 e. The van der Waals surface area contributed by atoms with Gasteiger partial charge in [0.15, 0.2) is 11.5 Å². The average molecular weight is 340 g/mol. The first kappa shape index (κ1) is 17.2. The summed E-state index contributed by atoms with van der Waals surface area (Å²) in [7, 11) is 0. The summed E-state index contributed by atoms with van der Waals surface area (Å²) in [6, 6.07) is 3.43. The number of ether oxygens (including phenoxy) is 2. The number of allylic oxidation sites excluding steroid dienone is 2. The summed E-state index contributed by atoms with van der Waals surface area (Å²) >= 11 is 0. The van der Waals surface area contributed by atoms with Crippen LogP contribution in [0.1, 0.15) is 43.2 Å². The molecule has 24 heavy (non-hydrogen) atoms. The molecule has 1 aromatic rings. The molecular weight excluding hydrogens is 317 g/mol. The third kappa shape index (κ3) is 5.18. The van der Waals surface area contributed by atoms with Crippen molar-refractivity contribution >= 4 is 0 Å². The van der Waals surface area contributed by atoms with Gasteiger partial charge in [-0.2, -0.15) is 0 Å². The molecule has 0 radical (unpaired) electrons. The molecular formula is C19H23F3O2. The maximum absolute atomic E-state index is 12.8. The van der Waals surface area contributed by atoms with Gasteiger partial charge in [0.2, 0.25) is 0 Å². The van der Waals surface area contributed by atoms with E-state index in [1.54, 1.807) is 13.0 Å². The van der Waals surface area contributed by atoms with Crippen molar-refractivity contribution in [1.29, 1.82) is 0 Å². The average Bonchev–Trinajstić information content (AvgIpc) is 3.38. The van der Waals surface area contributed by atoms with Crippen LogP contribution in [0, 0.1) is 18.8 Å². The van der Waals surface area contributed by atoms with Crippen LogP contribution in [0.2, 0.25) is 0 Å². The molecule has 0 unspecified atom stereocenters. The normalized spacial score (nSPS) is 18.2. The Morgan fingerprint density at radius 1 is 1.17 bits per heavy atom. The quantitative estimate of drug-likeness (QED) is 0.575. The highest BCUT2D eigenvalue weighted by atomic mass is 19.4. The van der Waals surface area contributed by atoms with E-state index in [2.05, 4.69) is 10.8 Å². The van der Waals surface area contributed by atoms with Crippen LogP contribution in [0.4, 0.5) is 13.2 Å². The summed E-state index contributed by atoms with van der Waals surface area (Å²) in [4.78, 5) is 0. The molecule has 5 heteroatoms. The molecule has 0 saturated heterocycles. The summed E-state index contributed by atoms with van der Waals surface area (Å²) in [5, 5.41) is 0. The van der Waals surface area contributed by atoms with Crippen molar-refractivity contribution < 1.29 is 22.6 Å². The Hall–Kier alpha value is -1.65. The smallest absolute Gasteiger partial charge is 0.490 e. The lowest BCUT2D eigenvalue weighted by Gasteiger charge is -2.18. The second-order valence-corrected chi connectivity index (χ2v) is 6.77. The molecule has 0 heterocycles. The lowest BCUT2D eigenvalue weighted by Crippen LogP contribution is -2.19. The number of rotatable bonds is 8. The maximum Gasteiger partial charge on any atom is 0.573 e. The Balaban J connectivity index is 1.73. The Morgan fingerprint density at radius 2 is 1.92 bits per heavy atom. The van der Waals surface area contributed by atoms with Gasteiger partial charge in [0.25, 0.3) is 0 Å². The van der Waals surface area contributed by atoms with Crippen LogP contribution in [-0.2, 0) is 6.42 Å². The first-order valence-electron chi connectivity index (χ1n) is 8.60. The Kier molecular flexibility index (Phi) is 5.07. The zero-order valence-electron chi connectivity index (χ0n) is 13.9. The van der Waals surface area contributed by atoms with Gasteiger partial charge in [0.05, 0.1) is 6.61 Å². The van der Waals surface area contributed by atoms with E-state index in [4.69, 9.17) is 4.74 Å². The van der Waals surface area contributed by atoms with Gasteiger partial charge in [-0.25, -0.2) is 0 Å². The Labute approximate surface area is 140 Å². The van der Waals surface area contributed by atoms with Crippen LogP contribution in [0.15, 0.2) is 24.3 Å². The first-order valence-corrected chi connectivity index (χ1v) is 8.60. The molecule has 2 aliphatic carbocycles. The highest BCUT2D eigenvalue weighted by molar-refractivity contribution is 5.50. The number of benzene rings is 1. The fraction of sp³-hybridized carbons (Fsp3) is 0.579. The Bertz CT molecular complexity index is 599. The third-order valence-corrected chi connectivity index (χ3v) is 4.55. The van der Waals surface area contributed by atoms with Crippen LogP contribution in [0.5, 0.6) is 11.5 Å². The molecule has 0 aliphatic heterocycles. The highest BCUT2D eigenvalue weighted by Crippen LogP contribution is 2.39. The van der Waals surface area contributed by atoms with Crippen molar-refractivity contribution in [1.82, 2.24) is 0 Å². The molecule has 3 rings (SSSR count). The molecule has 2 nitrogen and oxygen atoms in total. The van der Waals surface area contributed by atoms with Gasteiger partial charge in [0.1, 0.15) is 0 Å². The van der Waals surface area contributed by atoms with Gasteiger partial charge < -0.3 is 9.47 Å². The van der Waals surface area contributed by atoms with Gasteiger partial charge >= 0.3 is 6.36 Å². The van der Waals surface area contributed by atoms with Gasteiger partial charge in [-0.05, 0) is 61.6 Å². The number of hydrogen-bond donors (Lipinski definition) is 0. The second-order valence-electron chi connectivity index (χ2n) is 6.77. The van der Waals surface area contributed by atoms with Crippen molar-refractivity contribution in [3.8, 4) is 11.5 Å². The SMILES string of the molecule is Cc1c(C/C=C/C2CC2)ccc(OCCC2CC2)c1OC(F)(F)F. The van der Waals surface area contributed by atoms with E-state index in [-0.39, 0.29) is 11.5 Å². The maximum atomic E-state index is 12.8. The molecule has 132 valence electrons. The summed E-state index contributed by atoms with van der Waals surface area (Å²) in [6.45, 7) is 2.09. The van der Waals surface area contributed by atoms with E-state index in [0.717, 1.165) is 12.0 Å². The van der Waals surface area contributed by atoms with Crippen LogP contribution >= 0.6 is 0 Å². The van der Waals surface area contributed by atoms with Crippen molar-refractivity contribution in [3.05, 3.63) is 35.4 Å². The van der Waals surface area contributed by atoms with Crippen molar-refractivity contribution in [2.24, 2.45) is 11.8 Å². The number of alkyl halides is 3. The standard InChI is InChI=1S/C19H23F3O2/c1-13-16(4-2-3-14-5-6-14)9-10-17(18(13)24-19(20,21)22)23-12-11-15-7-8-15/h2-3,9-10,14-15H,4-8,11-12H2,1H3/b3-2+. The van der Waals surface area contributed by atoms with Gasteiger partial charge in [-0.15, -0.1) is 13.2 Å². The molecule has 0 aromatic heterocycles. The van der Waals surface area contributed by atoms with E-state index in [0.29, 0.717) is 30.4 Å². The molecule has 2 fully saturated rings. The van der Waals surface area contributed by atoms with E-state index < -0.39 is 6.36 Å². The summed E-state index contributed by atoms with van der Waals surface area (Å²) < 4.78 is 48.2. The molecule has 0 atom stereocenters. The van der Waals surface area contributed by atoms with E-state index in [9.17, 15) is 13.2 Å². The second kappa shape index (κ2) is 7.08. The third-order valence-electron chi connectivity index (χ3n) is 4.55. The van der Waals surface area contributed by atoms with Gasteiger partial charge in [-0.1, -0.05) is 31.1 Å². The predicted molar refractivity (Wildman–Crippen MR) is 86.3 cm³/mol. The minimum atomic E-state index is -4.72. The van der Waals surface area contributed by atoms with Crippen molar-refractivity contribution in [2.45, 2.75) is 51.8 Å². The van der Waals surface area contributed by atoms with E-state index >= 15 is 0 Å². The Morgan fingerprint density at radius 3 is 2.54 bits per heavy atom. The highest BCUT2D eigenvalue weighted by Gasteiger charge is 2.34. The van der Waals surface area contributed by atoms with Gasteiger partial charge in [-0.3, -0.25) is 0 Å². The lowest BCUT2D eigenvalue weighted by molar-refractivity contribution is -0.275. The largest absolute Gasteiger partial charge is 0.573 e. The molecule has 0 N–H and O–H groups in total. The van der Waals surface area contributed by atoms with Crippen LogP contribution < -0.4 is 9.47 Å².